The molecule has 4 heteroatoms. The average molecular weight is 209 g/mol. The number of nitrogens with one attached hydrogen (secondary N) is 1. The van der Waals surface area contributed by atoms with Crippen LogP contribution in [-0.4, -0.2) is 24.7 Å². The smallest absolute Gasteiger partial charge is 0.216 e. The minimum absolute atomic E-state index is 0.150. The van der Waals surface area contributed by atoms with Crippen molar-refractivity contribution in [2.45, 2.75) is 13.0 Å². The van der Waals surface area contributed by atoms with E-state index in [9.17, 15) is 9.90 Å². The number of aliphatic hydroxyl groups excluding tert-OH is 1. The van der Waals surface area contributed by atoms with Gasteiger partial charge < -0.3 is 15.2 Å². The zero-order valence-electron chi connectivity index (χ0n) is 8.86. The van der Waals surface area contributed by atoms with E-state index in [0.29, 0.717) is 0 Å². The molecule has 0 spiro atoms. The molecule has 1 rings (SSSR count). The monoisotopic (exact) mass is 209 g/mol. The maximum Gasteiger partial charge on any atom is 0.216 e. The molecule has 1 aromatic rings. The molecule has 0 aliphatic rings. The molecule has 0 aromatic heterocycles. The van der Waals surface area contributed by atoms with Gasteiger partial charge in [-0.25, -0.2) is 0 Å². The molecule has 0 radical (unpaired) electrons. The van der Waals surface area contributed by atoms with E-state index in [-0.39, 0.29) is 12.5 Å². The highest BCUT2D eigenvalue weighted by Gasteiger charge is 2.07. The number of benzene rings is 1. The lowest BCUT2D eigenvalue weighted by Gasteiger charge is -2.11. The summed E-state index contributed by atoms with van der Waals surface area (Å²) in [5.74, 6) is 0.591. The molecule has 0 unspecified atom stereocenters. The van der Waals surface area contributed by atoms with Crippen LogP contribution in [0.15, 0.2) is 24.3 Å². The summed E-state index contributed by atoms with van der Waals surface area (Å²) in [6.45, 7) is 1.64. The Hall–Kier alpha value is -1.55. The fraction of sp³-hybridized carbons (Fsp3) is 0.364. The van der Waals surface area contributed by atoms with Gasteiger partial charge in [0.15, 0.2) is 0 Å². The maximum absolute atomic E-state index is 10.6. The summed E-state index contributed by atoms with van der Waals surface area (Å²) < 4.78 is 5.00. The van der Waals surface area contributed by atoms with Gasteiger partial charge in [0, 0.05) is 13.5 Å². The quantitative estimate of drug-likeness (QED) is 0.773. The minimum Gasteiger partial charge on any atom is -0.497 e. The number of aliphatic hydroxyl groups is 1. The van der Waals surface area contributed by atoms with Crippen molar-refractivity contribution in [3.63, 3.8) is 0 Å². The van der Waals surface area contributed by atoms with Gasteiger partial charge in [-0.3, -0.25) is 4.79 Å². The number of amides is 1. The first-order valence-electron chi connectivity index (χ1n) is 4.70. The lowest BCUT2D eigenvalue weighted by molar-refractivity contribution is -0.119. The summed E-state index contributed by atoms with van der Waals surface area (Å²) in [7, 11) is 1.59. The van der Waals surface area contributed by atoms with E-state index in [1.165, 1.54) is 6.92 Å². The Kier molecular flexibility index (Phi) is 4.12. The van der Waals surface area contributed by atoms with Crippen LogP contribution >= 0.6 is 0 Å². The molecule has 0 aliphatic carbocycles. The van der Waals surface area contributed by atoms with Gasteiger partial charge in [0.2, 0.25) is 5.91 Å². The zero-order valence-corrected chi connectivity index (χ0v) is 8.86. The third-order valence-corrected chi connectivity index (χ3v) is 2.04. The zero-order chi connectivity index (χ0) is 11.3. The number of ether oxygens (including phenoxy) is 1. The fourth-order valence-corrected chi connectivity index (χ4v) is 1.18. The summed E-state index contributed by atoms with van der Waals surface area (Å²) >= 11 is 0. The molecule has 82 valence electrons. The van der Waals surface area contributed by atoms with Crippen LogP contribution in [-0.2, 0) is 4.79 Å². The van der Waals surface area contributed by atoms with Gasteiger partial charge in [-0.05, 0) is 17.7 Å². The van der Waals surface area contributed by atoms with Crippen molar-refractivity contribution < 1.29 is 14.6 Å². The van der Waals surface area contributed by atoms with Crippen molar-refractivity contribution in [1.29, 1.82) is 0 Å². The Labute approximate surface area is 88.9 Å². The summed E-state index contributed by atoms with van der Waals surface area (Å²) in [4.78, 5) is 10.6. The molecule has 0 fully saturated rings. The average Bonchev–Trinajstić information content (AvgIpc) is 2.26. The third kappa shape index (κ3) is 3.59. The van der Waals surface area contributed by atoms with Crippen molar-refractivity contribution in [3.8, 4) is 5.75 Å². The second-order valence-corrected chi connectivity index (χ2v) is 3.23. The Balaban J connectivity index is 2.57. The van der Waals surface area contributed by atoms with Crippen LogP contribution in [0.4, 0.5) is 0 Å². The van der Waals surface area contributed by atoms with E-state index in [0.717, 1.165) is 11.3 Å². The van der Waals surface area contributed by atoms with E-state index in [4.69, 9.17) is 4.74 Å². The lowest BCUT2D eigenvalue weighted by Crippen LogP contribution is -2.25. The van der Waals surface area contributed by atoms with Crippen LogP contribution in [0.3, 0.4) is 0 Å². The first-order chi connectivity index (χ1) is 7.13. The van der Waals surface area contributed by atoms with Crippen LogP contribution in [0, 0.1) is 0 Å². The SMILES string of the molecule is COc1ccc([C@@H](O)CNC(C)=O)cc1. The molecule has 0 heterocycles. The van der Waals surface area contributed by atoms with E-state index in [1.807, 2.05) is 0 Å². The van der Waals surface area contributed by atoms with Gasteiger partial charge >= 0.3 is 0 Å². The normalized spacial score (nSPS) is 11.9. The molecular formula is C11H15NO3. The van der Waals surface area contributed by atoms with Crippen molar-refractivity contribution >= 4 is 5.91 Å². The molecule has 0 saturated carbocycles. The lowest BCUT2D eigenvalue weighted by atomic mass is 10.1. The molecule has 1 aromatic carbocycles. The maximum atomic E-state index is 10.6. The second-order valence-electron chi connectivity index (χ2n) is 3.23. The van der Waals surface area contributed by atoms with Crippen molar-refractivity contribution in [1.82, 2.24) is 5.32 Å². The Morgan fingerprint density at radius 3 is 2.53 bits per heavy atom. The van der Waals surface area contributed by atoms with E-state index in [2.05, 4.69) is 5.32 Å². The van der Waals surface area contributed by atoms with E-state index >= 15 is 0 Å². The highest BCUT2D eigenvalue weighted by atomic mass is 16.5. The van der Waals surface area contributed by atoms with Crippen molar-refractivity contribution in [2.24, 2.45) is 0 Å². The first kappa shape index (κ1) is 11.5. The molecule has 1 atom stereocenters. The number of rotatable bonds is 4. The molecule has 0 saturated heterocycles. The topological polar surface area (TPSA) is 58.6 Å². The fourth-order valence-electron chi connectivity index (χ4n) is 1.18. The number of methoxy groups -OCH3 is 1. The van der Waals surface area contributed by atoms with Gasteiger partial charge in [-0.2, -0.15) is 0 Å². The molecule has 1 amide bonds. The third-order valence-electron chi connectivity index (χ3n) is 2.04. The van der Waals surface area contributed by atoms with Crippen LogP contribution in [0.1, 0.15) is 18.6 Å². The van der Waals surface area contributed by atoms with Crippen LogP contribution in [0.5, 0.6) is 5.75 Å². The molecule has 15 heavy (non-hydrogen) atoms. The Morgan fingerprint density at radius 1 is 1.47 bits per heavy atom. The van der Waals surface area contributed by atoms with Crippen molar-refractivity contribution in [2.75, 3.05) is 13.7 Å². The highest BCUT2D eigenvalue weighted by Crippen LogP contribution is 2.16. The van der Waals surface area contributed by atoms with E-state index in [1.54, 1.807) is 31.4 Å². The summed E-state index contributed by atoms with van der Waals surface area (Å²) in [5, 5.41) is 12.2. The minimum atomic E-state index is -0.681. The Morgan fingerprint density at radius 2 is 2.07 bits per heavy atom. The van der Waals surface area contributed by atoms with Gasteiger partial charge in [0.1, 0.15) is 5.75 Å². The summed E-state index contributed by atoms with van der Waals surface area (Å²) in [6, 6.07) is 7.08. The molecule has 2 N–H and O–H groups in total. The highest BCUT2D eigenvalue weighted by molar-refractivity contribution is 5.72. The predicted molar refractivity (Wildman–Crippen MR) is 56.6 cm³/mol. The van der Waals surface area contributed by atoms with Crippen molar-refractivity contribution in [3.05, 3.63) is 29.8 Å². The van der Waals surface area contributed by atoms with Gasteiger partial charge in [0.25, 0.3) is 0 Å². The predicted octanol–water partition coefficient (Wildman–Crippen LogP) is 0.865. The van der Waals surface area contributed by atoms with E-state index < -0.39 is 6.10 Å². The standard InChI is InChI=1S/C11H15NO3/c1-8(13)12-7-11(14)9-3-5-10(15-2)6-4-9/h3-6,11,14H,7H2,1-2H3,(H,12,13)/t11-/m0/s1. The second kappa shape index (κ2) is 5.36. The molecular weight excluding hydrogens is 194 g/mol. The molecule has 0 bridgehead atoms. The summed E-state index contributed by atoms with van der Waals surface area (Å²) in [6.07, 6.45) is -0.681. The van der Waals surface area contributed by atoms with Crippen LogP contribution in [0.2, 0.25) is 0 Å². The van der Waals surface area contributed by atoms with Crippen LogP contribution in [0.25, 0.3) is 0 Å². The Bertz CT molecular complexity index is 321. The summed E-state index contributed by atoms with van der Waals surface area (Å²) in [5.41, 5.74) is 0.754. The van der Waals surface area contributed by atoms with Gasteiger partial charge in [-0.1, -0.05) is 12.1 Å². The first-order valence-corrected chi connectivity index (χ1v) is 4.70. The van der Waals surface area contributed by atoms with Gasteiger partial charge in [0.05, 0.1) is 13.2 Å². The number of carbonyl (C=O) groups excluding carboxylic acids is 1. The van der Waals surface area contributed by atoms with Gasteiger partial charge in [-0.15, -0.1) is 0 Å². The number of hydrogen-bond acceptors (Lipinski definition) is 3. The number of carbonyl (C=O) groups is 1. The molecule has 4 nitrogen and oxygen atoms in total. The molecule has 0 aliphatic heterocycles. The van der Waals surface area contributed by atoms with Crippen LogP contribution < -0.4 is 10.1 Å². The largest absolute Gasteiger partial charge is 0.497 e. The number of hydrogen-bond donors (Lipinski definition) is 2.